The van der Waals surface area contributed by atoms with Crippen molar-refractivity contribution in [2.75, 3.05) is 27.2 Å². The van der Waals surface area contributed by atoms with Gasteiger partial charge >= 0.3 is 5.97 Å². The minimum absolute atomic E-state index is 0.169. The molecule has 0 amide bonds. The number of carbonyl (C=O) groups is 1. The van der Waals surface area contributed by atoms with Crippen LogP contribution in [0.5, 0.6) is 0 Å². The first-order valence-corrected chi connectivity index (χ1v) is 5.41. The third kappa shape index (κ3) is 11.4. The molecule has 3 heteroatoms. The van der Waals surface area contributed by atoms with Gasteiger partial charge in [-0.2, -0.15) is 0 Å². The molecular formula is C11H23NO2. The molecule has 3 nitrogen and oxygen atoms in total. The first kappa shape index (κ1) is 13.4. The molecule has 0 aliphatic heterocycles. The molecule has 0 saturated carbocycles. The summed E-state index contributed by atoms with van der Waals surface area (Å²) >= 11 is 0. The third-order valence-corrected chi connectivity index (χ3v) is 2.05. The largest absolute Gasteiger partial charge is 0.466 e. The Kier molecular flexibility index (Phi) is 8.64. The smallest absolute Gasteiger partial charge is 0.302 e. The lowest BCUT2D eigenvalue weighted by molar-refractivity contribution is -0.141. The van der Waals surface area contributed by atoms with Gasteiger partial charge in [0.2, 0.25) is 0 Å². The zero-order valence-electron chi connectivity index (χ0n) is 9.71. The molecule has 84 valence electrons. The highest BCUT2D eigenvalue weighted by molar-refractivity contribution is 5.65. The Hall–Kier alpha value is -0.570. The number of unbranched alkanes of at least 4 members (excludes halogenated alkanes) is 4. The van der Waals surface area contributed by atoms with Crippen LogP contribution in [0.4, 0.5) is 0 Å². The van der Waals surface area contributed by atoms with Crippen LogP contribution < -0.4 is 0 Å². The van der Waals surface area contributed by atoms with E-state index >= 15 is 0 Å². The molecule has 0 aromatic rings. The van der Waals surface area contributed by atoms with Crippen LogP contribution in [0.1, 0.15) is 39.0 Å². The van der Waals surface area contributed by atoms with Crippen molar-refractivity contribution in [3.63, 3.8) is 0 Å². The Bertz CT molecular complexity index is 146. The summed E-state index contributed by atoms with van der Waals surface area (Å²) in [5.74, 6) is -0.169. The third-order valence-electron chi connectivity index (χ3n) is 2.05. The van der Waals surface area contributed by atoms with Crippen molar-refractivity contribution < 1.29 is 9.53 Å². The van der Waals surface area contributed by atoms with E-state index < -0.39 is 0 Å². The summed E-state index contributed by atoms with van der Waals surface area (Å²) in [6.45, 7) is 3.21. The van der Waals surface area contributed by atoms with E-state index in [1.165, 1.54) is 39.2 Å². The average molecular weight is 201 g/mol. The van der Waals surface area contributed by atoms with E-state index in [1.54, 1.807) is 0 Å². The van der Waals surface area contributed by atoms with E-state index in [9.17, 15) is 4.79 Å². The van der Waals surface area contributed by atoms with Crippen molar-refractivity contribution in [3.05, 3.63) is 0 Å². The summed E-state index contributed by atoms with van der Waals surface area (Å²) in [4.78, 5) is 12.6. The van der Waals surface area contributed by atoms with Gasteiger partial charge in [0.25, 0.3) is 0 Å². The molecule has 0 radical (unpaired) electrons. The van der Waals surface area contributed by atoms with Crippen LogP contribution in [0, 0.1) is 0 Å². The molecule has 0 fully saturated rings. The first-order chi connectivity index (χ1) is 6.63. The van der Waals surface area contributed by atoms with E-state index in [4.69, 9.17) is 4.74 Å². The summed E-state index contributed by atoms with van der Waals surface area (Å²) in [5.41, 5.74) is 0. The molecule has 0 N–H and O–H groups in total. The predicted octanol–water partition coefficient (Wildman–Crippen LogP) is 2.06. The Balaban J connectivity index is 2.96. The number of nitrogens with zero attached hydrogens (tertiary/aromatic N) is 1. The maximum absolute atomic E-state index is 10.4. The highest BCUT2D eigenvalue weighted by Crippen LogP contribution is 2.03. The Morgan fingerprint density at radius 3 is 2.21 bits per heavy atom. The lowest BCUT2D eigenvalue weighted by Gasteiger charge is -2.08. The van der Waals surface area contributed by atoms with Crippen molar-refractivity contribution in [2.24, 2.45) is 0 Å². The normalized spacial score (nSPS) is 10.6. The number of rotatable bonds is 8. The van der Waals surface area contributed by atoms with Gasteiger partial charge in [-0.25, -0.2) is 0 Å². The Labute approximate surface area is 87.4 Å². The second-order valence-corrected chi connectivity index (χ2v) is 3.91. The zero-order chi connectivity index (χ0) is 10.8. The fourth-order valence-electron chi connectivity index (χ4n) is 1.28. The average Bonchev–Trinajstić information content (AvgIpc) is 2.08. The molecule has 0 aromatic carbocycles. The zero-order valence-corrected chi connectivity index (χ0v) is 9.71. The maximum Gasteiger partial charge on any atom is 0.302 e. The quantitative estimate of drug-likeness (QED) is 0.445. The summed E-state index contributed by atoms with van der Waals surface area (Å²) in [6.07, 6.45) is 5.95. The number of hydrogen-bond donors (Lipinski definition) is 0. The molecule has 0 aliphatic carbocycles. The molecule has 14 heavy (non-hydrogen) atoms. The molecular weight excluding hydrogens is 178 g/mol. The van der Waals surface area contributed by atoms with Crippen LogP contribution in [0.2, 0.25) is 0 Å². The highest BCUT2D eigenvalue weighted by Gasteiger charge is 1.94. The lowest BCUT2D eigenvalue weighted by atomic mass is 10.1. The molecule has 0 heterocycles. The standard InChI is InChI=1S/C11H23NO2/c1-11(13)14-10-8-6-4-5-7-9-12(2)3/h4-10H2,1-3H3. The van der Waals surface area contributed by atoms with Crippen molar-refractivity contribution in [2.45, 2.75) is 39.0 Å². The highest BCUT2D eigenvalue weighted by atomic mass is 16.5. The van der Waals surface area contributed by atoms with E-state index in [2.05, 4.69) is 19.0 Å². The van der Waals surface area contributed by atoms with Gasteiger partial charge in [0.1, 0.15) is 0 Å². The van der Waals surface area contributed by atoms with Gasteiger partial charge in [-0.15, -0.1) is 0 Å². The van der Waals surface area contributed by atoms with Crippen LogP contribution in [0.25, 0.3) is 0 Å². The molecule has 0 saturated heterocycles. The Morgan fingerprint density at radius 1 is 1.07 bits per heavy atom. The van der Waals surface area contributed by atoms with Gasteiger partial charge in [-0.1, -0.05) is 19.3 Å². The fourth-order valence-corrected chi connectivity index (χ4v) is 1.28. The molecule has 0 unspecified atom stereocenters. The predicted molar refractivity (Wildman–Crippen MR) is 58.3 cm³/mol. The van der Waals surface area contributed by atoms with Crippen molar-refractivity contribution in [3.8, 4) is 0 Å². The van der Waals surface area contributed by atoms with E-state index in [1.807, 2.05) is 0 Å². The molecule has 0 aromatic heterocycles. The number of esters is 1. The topological polar surface area (TPSA) is 29.5 Å². The van der Waals surface area contributed by atoms with E-state index in [-0.39, 0.29) is 5.97 Å². The monoisotopic (exact) mass is 201 g/mol. The van der Waals surface area contributed by atoms with Crippen LogP contribution in [0.15, 0.2) is 0 Å². The van der Waals surface area contributed by atoms with Gasteiger partial charge in [0.05, 0.1) is 6.61 Å². The van der Waals surface area contributed by atoms with E-state index in [0.717, 1.165) is 6.42 Å². The van der Waals surface area contributed by atoms with Crippen LogP contribution >= 0.6 is 0 Å². The van der Waals surface area contributed by atoms with Crippen LogP contribution in [0.3, 0.4) is 0 Å². The van der Waals surface area contributed by atoms with Crippen LogP contribution in [-0.4, -0.2) is 38.1 Å². The maximum atomic E-state index is 10.4. The van der Waals surface area contributed by atoms with Gasteiger partial charge in [-0.05, 0) is 33.5 Å². The fraction of sp³-hybridized carbons (Fsp3) is 0.909. The second kappa shape index (κ2) is 9.00. The lowest BCUT2D eigenvalue weighted by Crippen LogP contribution is -2.12. The summed E-state index contributed by atoms with van der Waals surface area (Å²) in [7, 11) is 4.20. The molecule has 0 spiro atoms. The number of hydrogen-bond acceptors (Lipinski definition) is 3. The minimum atomic E-state index is -0.169. The number of carbonyl (C=O) groups excluding carboxylic acids is 1. The van der Waals surface area contributed by atoms with Gasteiger partial charge in [0.15, 0.2) is 0 Å². The summed E-state index contributed by atoms with van der Waals surface area (Å²) in [5, 5.41) is 0. The number of ether oxygens (including phenoxy) is 1. The first-order valence-electron chi connectivity index (χ1n) is 5.41. The molecule has 0 atom stereocenters. The van der Waals surface area contributed by atoms with Crippen molar-refractivity contribution in [1.29, 1.82) is 0 Å². The molecule has 0 rings (SSSR count). The van der Waals surface area contributed by atoms with Gasteiger partial charge in [-0.3, -0.25) is 4.79 Å². The van der Waals surface area contributed by atoms with Crippen molar-refractivity contribution >= 4 is 5.97 Å². The second-order valence-electron chi connectivity index (χ2n) is 3.91. The molecule has 0 bridgehead atoms. The Morgan fingerprint density at radius 2 is 1.64 bits per heavy atom. The summed E-state index contributed by atoms with van der Waals surface area (Å²) in [6, 6.07) is 0. The minimum Gasteiger partial charge on any atom is -0.466 e. The molecule has 0 aliphatic rings. The van der Waals surface area contributed by atoms with E-state index in [0.29, 0.717) is 6.61 Å². The van der Waals surface area contributed by atoms with Crippen LogP contribution in [-0.2, 0) is 9.53 Å². The van der Waals surface area contributed by atoms with Gasteiger partial charge in [0, 0.05) is 6.92 Å². The SMILES string of the molecule is CC(=O)OCCCCCCCN(C)C. The van der Waals surface area contributed by atoms with Gasteiger partial charge < -0.3 is 9.64 Å². The summed E-state index contributed by atoms with van der Waals surface area (Å²) < 4.78 is 4.84. The van der Waals surface area contributed by atoms with Crippen molar-refractivity contribution in [1.82, 2.24) is 4.90 Å².